The van der Waals surface area contributed by atoms with Crippen molar-refractivity contribution in [1.82, 2.24) is 9.80 Å². The van der Waals surface area contributed by atoms with Crippen molar-refractivity contribution in [1.29, 1.82) is 0 Å². The summed E-state index contributed by atoms with van der Waals surface area (Å²) in [5, 5.41) is 2.89. The molecule has 0 atom stereocenters. The molecule has 0 unspecified atom stereocenters. The molecule has 1 aliphatic heterocycles. The van der Waals surface area contributed by atoms with Crippen LogP contribution in [-0.4, -0.2) is 62.5 Å². The van der Waals surface area contributed by atoms with Gasteiger partial charge in [-0.15, -0.1) is 0 Å². The number of methoxy groups -OCH3 is 2. The minimum atomic E-state index is -0.0648. The number of rotatable bonds is 10. The summed E-state index contributed by atoms with van der Waals surface area (Å²) in [7, 11) is 5.28. The van der Waals surface area contributed by atoms with Gasteiger partial charge in [-0.25, -0.2) is 0 Å². The highest BCUT2D eigenvalue weighted by molar-refractivity contribution is 5.89. The maximum absolute atomic E-state index is 12.8. The summed E-state index contributed by atoms with van der Waals surface area (Å²) in [5.41, 5.74) is 3.89. The molecule has 1 aliphatic rings. The molecule has 0 bridgehead atoms. The zero-order chi connectivity index (χ0) is 23.8. The van der Waals surface area contributed by atoms with Gasteiger partial charge in [-0.2, -0.15) is 0 Å². The summed E-state index contributed by atoms with van der Waals surface area (Å²) in [6, 6.07) is 11.7. The molecular formula is C26H33N3O4. The van der Waals surface area contributed by atoms with Crippen LogP contribution in [0.2, 0.25) is 0 Å². The Balaban J connectivity index is 1.51. The Kier molecular flexibility index (Phi) is 8.49. The number of para-hydroxylation sites is 1. The van der Waals surface area contributed by atoms with Gasteiger partial charge in [-0.05, 0) is 67.4 Å². The Morgan fingerprint density at radius 1 is 1.12 bits per heavy atom. The average Bonchev–Trinajstić information content (AvgIpc) is 2.95. The summed E-state index contributed by atoms with van der Waals surface area (Å²) >= 11 is 0. The number of carbonyl (C=O) groups is 2. The fraction of sp³-hybridized carbons (Fsp3) is 0.385. The Labute approximate surface area is 196 Å². The number of ether oxygens (including phenoxy) is 2. The first-order valence-electron chi connectivity index (χ1n) is 11.2. The lowest BCUT2D eigenvalue weighted by Gasteiger charge is -2.21. The highest BCUT2D eigenvalue weighted by Gasteiger charge is 2.19. The van der Waals surface area contributed by atoms with E-state index >= 15 is 0 Å². The summed E-state index contributed by atoms with van der Waals surface area (Å²) in [6.07, 6.45) is 5.87. The van der Waals surface area contributed by atoms with Gasteiger partial charge in [0.1, 0.15) is 0 Å². The van der Waals surface area contributed by atoms with E-state index in [2.05, 4.69) is 17.3 Å². The SMILES string of the molecule is COc1cc2c(cc1OC)CC(=O)N(CCCN(C)CCc1ccccc1NC(C)=O)C=C2. The monoisotopic (exact) mass is 451 g/mol. The van der Waals surface area contributed by atoms with Gasteiger partial charge in [0, 0.05) is 31.9 Å². The summed E-state index contributed by atoms with van der Waals surface area (Å²) < 4.78 is 10.8. The lowest BCUT2D eigenvalue weighted by atomic mass is 10.0. The molecule has 0 aliphatic carbocycles. The van der Waals surface area contributed by atoms with Gasteiger partial charge in [0.05, 0.1) is 20.6 Å². The van der Waals surface area contributed by atoms with Crippen molar-refractivity contribution in [3.63, 3.8) is 0 Å². The minimum absolute atomic E-state index is 0.0648. The highest BCUT2D eigenvalue weighted by atomic mass is 16.5. The van der Waals surface area contributed by atoms with Gasteiger partial charge in [0.2, 0.25) is 11.8 Å². The number of carbonyl (C=O) groups excluding carboxylic acids is 2. The number of amides is 2. The zero-order valence-electron chi connectivity index (χ0n) is 19.9. The van der Waals surface area contributed by atoms with E-state index in [9.17, 15) is 9.59 Å². The van der Waals surface area contributed by atoms with Crippen LogP contribution < -0.4 is 14.8 Å². The van der Waals surface area contributed by atoms with E-state index in [1.54, 1.807) is 19.1 Å². The van der Waals surface area contributed by atoms with E-state index in [1.807, 2.05) is 48.7 Å². The molecule has 176 valence electrons. The van der Waals surface area contributed by atoms with Gasteiger partial charge in [-0.1, -0.05) is 18.2 Å². The molecule has 1 N–H and O–H groups in total. The molecule has 7 heteroatoms. The molecule has 0 radical (unpaired) electrons. The van der Waals surface area contributed by atoms with E-state index < -0.39 is 0 Å². The average molecular weight is 452 g/mol. The van der Waals surface area contributed by atoms with Gasteiger partial charge in [-0.3, -0.25) is 9.59 Å². The lowest BCUT2D eigenvalue weighted by Crippen LogP contribution is -2.30. The topological polar surface area (TPSA) is 71.1 Å². The zero-order valence-corrected chi connectivity index (χ0v) is 19.9. The van der Waals surface area contributed by atoms with Gasteiger partial charge < -0.3 is 24.6 Å². The van der Waals surface area contributed by atoms with Crippen molar-refractivity contribution in [2.45, 2.75) is 26.2 Å². The second kappa shape index (κ2) is 11.5. The van der Waals surface area contributed by atoms with Crippen LogP contribution in [0.4, 0.5) is 5.69 Å². The van der Waals surface area contributed by atoms with Gasteiger partial charge in [0.25, 0.3) is 0 Å². The van der Waals surface area contributed by atoms with Crippen LogP contribution in [0.3, 0.4) is 0 Å². The molecule has 3 rings (SSSR count). The minimum Gasteiger partial charge on any atom is -0.493 e. The predicted octanol–water partition coefficient (Wildman–Crippen LogP) is 3.58. The van der Waals surface area contributed by atoms with E-state index in [4.69, 9.17) is 9.47 Å². The second-order valence-corrected chi connectivity index (χ2v) is 8.23. The molecule has 0 saturated heterocycles. The third kappa shape index (κ3) is 6.58. The maximum atomic E-state index is 12.8. The van der Waals surface area contributed by atoms with E-state index in [1.165, 1.54) is 6.92 Å². The molecule has 7 nitrogen and oxygen atoms in total. The van der Waals surface area contributed by atoms with Crippen molar-refractivity contribution in [2.75, 3.05) is 46.2 Å². The third-order valence-corrected chi connectivity index (χ3v) is 5.77. The maximum Gasteiger partial charge on any atom is 0.230 e. The second-order valence-electron chi connectivity index (χ2n) is 8.23. The van der Waals surface area contributed by atoms with Crippen molar-refractivity contribution in [3.05, 3.63) is 59.3 Å². The standard InChI is InChI=1S/C26H33N3O4/c1-19(30)27-23-9-6-5-8-20(23)10-14-28(2)12-7-13-29-15-11-21-16-24(32-3)25(33-4)17-22(21)18-26(29)31/h5-6,8-9,11,15-17H,7,10,12-14,18H2,1-4H3,(H,27,30). The third-order valence-electron chi connectivity index (χ3n) is 5.77. The van der Waals surface area contributed by atoms with Crippen molar-refractivity contribution in [2.24, 2.45) is 0 Å². The van der Waals surface area contributed by atoms with Crippen molar-refractivity contribution in [3.8, 4) is 11.5 Å². The molecule has 2 aromatic carbocycles. The number of nitrogens with one attached hydrogen (secondary N) is 1. The molecule has 1 heterocycles. The Bertz CT molecular complexity index is 1020. The first-order chi connectivity index (χ1) is 15.9. The number of hydrogen-bond donors (Lipinski definition) is 1. The first kappa shape index (κ1) is 24.3. The van der Waals surface area contributed by atoms with E-state index in [-0.39, 0.29) is 11.8 Å². The summed E-state index contributed by atoms with van der Waals surface area (Å²) in [4.78, 5) is 28.2. The van der Waals surface area contributed by atoms with E-state index in [0.717, 1.165) is 48.3 Å². The molecule has 2 amide bonds. The number of fused-ring (bicyclic) bond motifs is 1. The van der Waals surface area contributed by atoms with Crippen LogP contribution in [0.1, 0.15) is 30.0 Å². The molecular weight excluding hydrogens is 418 g/mol. The van der Waals surface area contributed by atoms with Crippen LogP contribution in [0.25, 0.3) is 6.08 Å². The lowest BCUT2D eigenvalue weighted by molar-refractivity contribution is -0.127. The number of hydrogen-bond acceptors (Lipinski definition) is 5. The van der Waals surface area contributed by atoms with Crippen molar-refractivity contribution >= 4 is 23.6 Å². The summed E-state index contributed by atoms with van der Waals surface area (Å²) in [6.45, 7) is 3.91. The number of likely N-dealkylation sites (N-methyl/N-ethyl adjacent to an activating group) is 1. The fourth-order valence-electron chi connectivity index (χ4n) is 3.95. The normalized spacial score (nSPS) is 13.0. The smallest absolute Gasteiger partial charge is 0.230 e. The fourth-order valence-corrected chi connectivity index (χ4v) is 3.95. The molecule has 2 aromatic rings. The quantitative estimate of drug-likeness (QED) is 0.598. The molecule has 0 saturated carbocycles. The molecule has 0 spiro atoms. The Morgan fingerprint density at radius 3 is 2.58 bits per heavy atom. The van der Waals surface area contributed by atoms with E-state index in [0.29, 0.717) is 24.5 Å². The molecule has 0 aromatic heterocycles. The Hall–Kier alpha value is -3.32. The first-order valence-corrected chi connectivity index (χ1v) is 11.2. The van der Waals surface area contributed by atoms with Crippen LogP contribution in [0, 0.1) is 0 Å². The molecule has 0 fully saturated rings. The van der Waals surface area contributed by atoms with Crippen LogP contribution in [0.5, 0.6) is 11.5 Å². The Morgan fingerprint density at radius 2 is 1.85 bits per heavy atom. The number of nitrogens with zero attached hydrogens (tertiary/aromatic N) is 2. The predicted molar refractivity (Wildman–Crippen MR) is 131 cm³/mol. The van der Waals surface area contributed by atoms with Crippen LogP contribution in [0.15, 0.2) is 42.6 Å². The highest BCUT2D eigenvalue weighted by Crippen LogP contribution is 2.32. The van der Waals surface area contributed by atoms with Crippen LogP contribution in [-0.2, 0) is 22.4 Å². The number of benzene rings is 2. The number of anilines is 1. The summed E-state index contributed by atoms with van der Waals surface area (Å²) in [5.74, 6) is 1.30. The van der Waals surface area contributed by atoms with Gasteiger partial charge in [0.15, 0.2) is 11.5 Å². The van der Waals surface area contributed by atoms with Crippen molar-refractivity contribution < 1.29 is 19.1 Å². The van der Waals surface area contributed by atoms with Gasteiger partial charge >= 0.3 is 0 Å². The largest absolute Gasteiger partial charge is 0.493 e. The molecule has 33 heavy (non-hydrogen) atoms. The van der Waals surface area contributed by atoms with Crippen LogP contribution >= 0.6 is 0 Å².